The van der Waals surface area contributed by atoms with Crippen LogP contribution in [0.2, 0.25) is 5.02 Å². The third-order valence-corrected chi connectivity index (χ3v) is 6.23. The summed E-state index contributed by atoms with van der Waals surface area (Å²) in [6, 6.07) is 13.3. The molecular formula is C21H24ClNO3S. The van der Waals surface area contributed by atoms with E-state index >= 15 is 0 Å². The van der Waals surface area contributed by atoms with E-state index in [0.717, 1.165) is 43.1 Å². The molecule has 1 amide bonds. The second-order valence-corrected chi connectivity index (χ2v) is 8.27. The van der Waals surface area contributed by atoms with Crippen LogP contribution in [-0.2, 0) is 15.3 Å². The van der Waals surface area contributed by atoms with Gasteiger partial charge in [0.1, 0.15) is 5.75 Å². The maximum atomic E-state index is 12.2. The first-order chi connectivity index (χ1) is 13.1. The van der Waals surface area contributed by atoms with Gasteiger partial charge in [-0.15, -0.1) is 0 Å². The van der Waals surface area contributed by atoms with Gasteiger partial charge in [0.15, 0.2) is 6.61 Å². The molecule has 0 atom stereocenters. The topological polar surface area (TPSA) is 47.6 Å². The van der Waals surface area contributed by atoms with Gasteiger partial charge in [-0.05, 0) is 61.2 Å². The van der Waals surface area contributed by atoms with Crippen LogP contribution in [0.1, 0.15) is 24.0 Å². The fourth-order valence-electron chi connectivity index (χ4n) is 2.85. The van der Waals surface area contributed by atoms with E-state index < -0.39 is 0 Å². The van der Waals surface area contributed by atoms with E-state index in [-0.39, 0.29) is 12.5 Å². The first-order valence-electron chi connectivity index (χ1n) is 9.07. The summed E-state index contributed by atoms with van der Waals surface area (Å²) in [6.45, 7) is 3.59. The number of aryl methyl sites for hydroxylation is 1. The molecule has 0 aromatic heterocycles. The molecule has 1 heterocycles. The van der Waals surface area contributed by atoms with E-state index in [1.165, 1.54) is 5.56 Å². The SMILES string of the molecule is Cc1cc(OCC(=O)Nc2cccc(CSC3CCOCC3)c2)ccc1Cl. The Balaban J connectivity index is 1.47. The summed E-state index contributed by atoms with van der Waals surface area (Å²) in [5, 5.41) is 4.24. The Morgan fingerprint density at radius 2 is 2.07 bits per heavy atom. The van der Waals surface area contributed by atoms with Gasteiger partial charge >= 0.3 is 0 Å². The number of amides is 1. The lowest BCUT2D eigenvalue weighted by atomic mass is 10.2. The predicted molar refractivity (Wildman–Crippen MR) is 112 cm³/mol. The van der Waals surface area contributed by atoms with Gasteiger partial charge in [-0.3, -0.25) is 4.79 Å². The van der Waals surface area contributed by atoms with Crippen LogP contribution in [0.3, 0.4) is 0 Å². The summed E-state index contributed by atoms with van der Waals surface area (Å²) >= 11 is 7.96. The molecule has 4 nitrogen and oxygen atoms in total. The Morgan fingerprint density at radius 3 is 2.85 bits per heavy atom. The van der Waals surface area contributed by atoms with Crippen molar-refractivity contribution in [2.45, 2.75) is 30.8 Å². The molecule has 0 spiro atoms. The molecule has 0 bridgehead atoms. The second kappa shape index (κ2) is 10.0. The molecule has 3 rings (SSSR count). The standard InChI is InChI=1S/C21H24ClNO3S/c1-15-11-18(5-6-20(15)22)26-13-21(24)23-17-4-2-3-16(12-17)14-27-19-7-9-25-10-8-19/h2-6,11-12,19H,7-10,13-14H2,1H3,(H,23,24). The zero-order valence-corrected chi connectivity index (χ0v) is 16.9. The van der Waals surface area contributed by atoms with Crippen LogP contribution in [0.4, 0.5) is 5.69 Å². The molecule has 0 unspecified atom stereocenters. The fourth-order valence-corrected chi connectivity index (χ4v) is 4.10. The number of hydrogen-bond acceptors (Lipinski definition) is 4. The van der Waals surface area contributed by atoms with Crippen molar-refractivity contribution in [1.29, 1.82) is 0 Å². The molecule has 1 aliphatic heterocycles. The summed E-state index contributed by atoms with van der Waals surface area (Å²) in [5.74, 6) is 1.39. The second-order valence-electron chi connectivity index (χ2n) is 6.57. The number of rotatable bonds is 7. The Hall–Kier alpha value is -1.69. The number of nitrogens with one attached hydrogen (secondary N) is 1. The molecule has 0 aliphatic carbocycles. The van der Waals surface area contributed by atoms with Crippen molar-refractivity contribution in [3.05, 3.63) is 58.6 Å². The van der Waals surface area contributed by atoms with Crippen LogP contribution >= 0.6 is 23.4 Å². The normalized spacial score (nSPS) is 14.7. The summed E-state index contributed by atoms with van der Waals surface area (Å²) in [5.41, 5.74) is 2.92. The van der Waals surface area contributed by atoms with Crippen LogP contribution in [0.5, 0.6) is 5.75 Å². The minimum absolute atomic E-state index is 0.0396. The molecule has 0 radical (unpaired) electrons. The van der Waals surface area contributed by atoms with Crippen molar-refractivity contribution >= 4 is 35.0 Å². The third-order valence-electron chi connectivity index (χ3n) is 4.36. The number of hydrogen-bond donors (Lipinski definition) is 1. The Morgan fingerprint density at radius 1 is 1.26 bits per heavy atom. The molecule has 27 heavy (non-hydrogen) atoms. The van der Waals surface area contributed by atoms with Crippen molar-refractivity contribution in [2.75, 3.05) is 25.1 Å². The maximum absolute atomic E-state index is 12.2. The summed E-state index contributed by atoms with van der Waals surface area (Å²) in [6.07, 6.45) is 2.23. The van der Waals surface area contributed by atoms with E-state index in [0.29, 0.717) is 16.0 Å². The maximum Gasteiger partial charge on any atom is 0.262 e. The van der Waals surface area contributed by atoms with E-state index in [9.17, 15) is 4.79 Å². The van der Waals surface area contributed by atoms with Crippen LogP contribution in [-0.4, -0.2) is 31.0 Å². The fraction of sp³-hybridized carbons (Fsp3) is 0.381. The number of halogens is 1. The number of carbonyl (C=O) groups excluding carboxylic acids is 1. The third kappa shape index (κ3) is 6.45. The van der Waals surface area contributed by atoms with Gasteiger partial charge in [-0.1, -0.05) is 23.7 Å². The van der Waals surface area contributed by atoms with Crippen LogP contribution < -0.4 is 10.1 Å². The molecule has 2 aromatic carbocycles. The Labute approximate surface area is 169 Å². The Bertz CT molecular complexity index is 778. The van der Waals surface area contributed by atoms with Gasteiger partial charge in [-0.25, -0.2) is 0 Å². The zero-order chi connectivity index (χ0) is 19.1. The monoisotopic (exact) mass is 405 g/mol. The van der Waals surface area contributed by atoms with Crippen molar-refractivity contribution in [2.24, 2.45) is 0 Å². The van der Waals surface area contributed by atoms with E-state index in [4.69, 9.17) is 21.1 Å². The lowest BCUT2D eigenvalue weighted by Crippen LogP contribution is -2.20. The number of ether oxygens (including phenoxy) is 2. The average Bonchev–Trinajstić information content (AvgIpc) is 2.68. The molecule has 0 saturated carbocycles. The van der Waals surface area contributed by atoms with Gasteiger partial charge < -0.3 is 14.8 Å². The molecule has 1 aliphatic rings. The van der Waals surface area contributed by atoms with Crippen molar-refractivity contribution in [1.82, 2.24) is 0 Å². The smallest absolute Gasteiger partial charge is 0.262 e. The number of thioether (sulfide) groups is 1. The number of anilines is 1. The largest absolute Gasteiger partial charge is 0.484 e. The van der Waals surface area contributed by atoms with E-state index in [1.54, 1.807) is 12.1 Å². The van der Waals surface area contributed by atoms with Crippen molar-refractivity contribution in [3.63, 3.8) is 0 Å². The highest BCUT2D eigenvalue weighted by Crippen LogP contribution is 2.26. The quantitative estimate of drug-likeness (QED) is 0.697. The molecular weight excluding hydrogens is 382 g/mol. The highest BCUT2D eigenvalue weighted by Gasteiger charge is 2.14. The molecule has 144 valence electrons. The first-order valence-corrected chi connectivity index (χ1v) is 10.5. The van der Waals surface area contributed by atoms with Gasteiger partial charge in [0.2, 0.25) is 0 Å². The van der Waals surface area contributed by atoms with Gasteiger partial charge in [-0.2, -0.15) is 11.8 Å². The highest BCUT2D eigenvalue weighted by molar-refractivity contribution is 7.99. The van der Waals surface area contributed by atoms with E-state index in [2.05, 4.69) is 11.4 Å². The van der Waals surface area contributed by atoms with E-state index in [1.807, 2.05) is 43.0 Å². The van der Waals surface area contributed by atoms with Crippen LogP contribution in [0.25, 0.3) is 0 Å². The lowest BCUT2D eigenvalue weighted by molar-refractivity contribution is -0.118. The molecule has 2 aromatic rings. The average molecular weight is 406 g/mol. The predicted octanol–water partition coefficient (Wildman–Crippen LogP) is 5.08. The first kappa shape index (κ1) is 20.1. The summed E-state index contributed by atoms with van der Waals surface area (Å²) in [7, 11) is 0. The highest BCUT2D eigenvalue weighted by atomic mass is 35.5. The molecule has 6 heteroatoms. The van der Waals surface area contributed by atoms with Gasteiger partial charge in [0.05, 0.1) is 0 Å². The zero-order valence-electron chi connectivity index (χ0n) is 15.4. The summed E-state index contributed by atoms with van der Waals surface area (Å²) < 4.78 is 10.9. The van der Waals surface area contributed by atoms with Gasteiger partial charge in [0.25, 0.3) is 5.91 Å². The molecule has 1 N–H and O–H groups in total. The lowest BCUT2D eigenvalue weighted by Gasteiger charge is -2.21. The minimum atomic E-state index is -0.183. The Kier molecular flexibility index (Phi) is 7.44. The molecule has 1 saturated heterocycles. The van der Waals surface area contributed by atoms with Crippen molar-refractivity contribution in [3.8, 4) is 5.75 Å². The van der Waals surface area contributed by atoms with Crippen molar-refractivity contribution < 1.29 is 14.3 Å². The number of benzene rings is 2. The number of carbonyl (C=O) groups is 1. The summed E-state index contributed by atoms with van der Waals surface area (Å²) in [4.78, 5) is 12.2. The van der Waals surface area contributed by atoms with Gasteiger partial charge in [0, 0.05) is 34.9 Å². The van der Waals surface area contributed by atoms with Crippen LogP contribution in [0.15, 0.2) is 42.5 Å². The minimum Gasteiger partial charge on any atom is -0.484 e. The molecule has 1 fully saturated rings. The van der Waals surface area contributed by atoms with Crippen LogP contribution in [0, 0.1) is 6.92 Å².